The van der Waals surface area contributed by atoms with Gasteiger partial charge in [-0.2, -0.15) is 0 Å². The molecule has 0 aromatic rings. The average molecular weight is 384 g/mol. The van der Waals surface area contributed by atoms with E-state index in [1.807, 2.05) is 13.8 Å². The smallest absolute Gasteiger partial charge is 0.315 e. The van der Waals surface area contributed by atoms with Crippen LogP contribution in [0, 0.1) is 17.8 Å². The lowest BCUT2D eigenvalue weighted by Crippen LogP contribution is -2.53. The van der Waals surface area contributed by atoms with E-state index in [1.165, 1.54) is 0 Å². The van der Waals surface area contributed by atoms with Gasteiger partial charge in [0, 0.05) is 26.6 Å². The lowest BCUT2D eigenvalue weighted by molar-refractivity contribution is -0.136. The van der Waals surface area contributed by atoms with Crippen LogP contribution in [0.15, 0.2) is 0 Å². The van der Waals surface area contributed by atoms with Gasteiger partial charge in [0.2, 0.25) is 5.91 Å². The van der Waals surface area contributed by atoms with Gasteiger partial charge in [0.15, 0.2) is 0 Å². The first kappa shape index (κ1) is 23.4. The highest BCUT2D eigenvalue weighted by molar-refractivity contribution is 5.84. The van der Waals surface area contributed by atoms with Crippen molar-refractivity contribution in [3.8, 4) is 0 Å². The summed E-state index contributed by atoms with van der Waals surface area (Å²) in [5, 5.41) is 5.65. The fourth-order valence-electron chi connectivity index (χ4n) is 3.94. The molecule has 0 radical (unpaired) electrons. The van der Waals surface area contributed by atoms with E-state index in [0.29, 0.717) is 11.8 Å². The SMILES string of the molecule is CCC(C)C(C(CC=O)OC)N(C)C(=O)CNC(=O)NC1CCC(C)C1C. The Labute approximate surface area is 163 Å². The Bertz CT molecular complexity index is 500. The van der Waals surface area contributed by atoms with Crippen LogP contribution in [-0.4, -0.2) is 62.0 Å². The molecule has 1 rings (SSSR count). The lowest BCUT2D eigenvalue weighted by Gasteiger charge is -2.37. The Balaban J connectivity index is 2.61. The molecule has 0 aromatic carbocycles. The minimum absolute atomic E-state index is 0.0799. The van der Waals surface area contributed by atoms with E-state index >= 15 is 0 Å². The number of carbonyl (C=O) groups is 3. The number of nitrogens with zero attached hydrogens (tertiary/aromatic N) is 1. The molecular formula is C20H37N3O4. The van der Waals surface area contributed by atoms with Gasteiger partial charge in [-0.3, -0.25) is 4.79 Å². The van der Waals surface area contributed by atoms with Crippen molar-refractivity contribution in [2.24, 2.45) is 17.8 Å². The lowest BCUT2D eigenvalue weighted by atomic mass is 9.91. The number of urea groups is 1. The maximum atomic E-state index is 12.6. The molecule has 0 aliphatic heterocycles. The topological polar surface area (TPSA) is 87.7 Å². The summed E-state index contributed by atoms with van der Waals surface area (Å²) >= 11 is 0. The average Bonchev–Trinajstić information content (AvgIpc) is 2.97. The van der Waals surface area contributed by atoms with E-state index in [9.17, 15) is 14.4 Å². The number of hydrogen-bond acceptors (Lipinski definition) is 4. The van der Waals surface area contributed by atoms with Crippen LogP contribution in [0.25, 0.3) is 0 Å². The van der Waals surface area contributed by atoms with Gasteiger partial charge in [0.05, 0.1) is 18.7 Å². The first-order valence-electron chi connectivity index (χ1n) is 10.0. The molecule has 0 bridgehead atoms. The van der Waals surface area contributed by atoms with Gasteiger partial charge >= 0.3 is 6.03 Å². The molecule has 1 aliphatic carbocycles. The van der Waals surface area contributed by atoms with E-state index in [4.69, 9.17) is 4.74 Å². The maximum absolute atomic E-state index is 12.6. The number of likely N-dealkylation sites (N-methyl/N-ethyl adjacent to an activating group) is 1. The predicted octanol–water partition coefficient (Wildman–Crippen LogP) is 2.20. The maximum Gasteiger partial charge on any atom is 0.315 e. The molecule has 7 heteroatoms. The highest BCUT2D eigenvalue weighted by Gasteiger charge is 2.33. The summed E-state index contributed by atoms with van der Waals surface area (Å²) in [4.78, 5) is 37.4. The third-order valence-electron chi connectivity index (χ3n) is 6.26. The van der Waals surface area contributed by atoms with Gasteiger partial charge in [-0.1, -0.05) is 34.1 Å². The number of rotatable bonds is 10. The molecule has 6 unspecified atom stereocenters. The molecule has 0 saturated heterocycles. The van der Waals surface area contributed by atoms with Crippen LogP contribution in [0.2, 0.25) is 0 Å². The quantitative estimate of drug-likeness (QED) is 0.566. The van der Waals surface area contributed by atoms with Crippen LogP contribution in [-0.2, 0) is 14.3 Å². The Morgan fingerprint density at radius 1 is 1.30 bits per heavy atom. The largest absolute Gasteiger partial charge is 0.379 e. The Hall–Kier alpha value is -1.63. The van der Waals surface area contributed by atoms with Crippen molar-refractivity contribution in [3.63, 3.8) is 0 Å². The van der Waals surface area contributed by atoms with Gasteiger partial charge in [-0.15, -0.1) is 0 Å². The highest BCUT2D eigenvalue weighted by atomic mass is 16.5. The Kier molecular flexibility index (Phi) is 9.77. The number of amides is 3. The fraction of sp³-hybridized carbons (Fsp3) is 0.850. The number of nitrogens with one attached hydrogen (secondary N) is 2. The van der Waals surface area contributed by atoms with Gasteiger partial charge < -0.3 is 25.1 Å². The second kappa shape index (κ2) is 11.3. The van der Waals surface area contributed by atoms with Gasteiger partial charge in [-0.25, -0.2) is 4.79 Å². The number of hydrogen-bond donors (Lipinski definition) is 2. The number of methoxy groups -OCH3 is 1. The molecule has 2 N–H and O–H groups in total. The molecule has 1 aliphatic rings. The van der Waals surface area contributed by atoms with E-state index < -0.39 is 0 Å². The van der Waals surface area contributed by atoms with Crippen molar-refractivity contribution in [1.82, 2.24) is 15.5 Å². The van der Waals surface area contributed by atoms with Crippen molar-refractivity contribution < 1.29 is 19.1 Å². The summed E-state index contributed by atoms with van der Waals surface area (Å²) in [6, 6.07) is -0.372. The third kappa shape index (κ3) is 6.48. The Morgan fingerprint density at radius 3 is 2.44 bits per heavy atom. The zero-order valence-corrected chi connectivity index (χ0v) is 17.7. The zero-order valence-electron chi connectivity index (χ0n) is 17.7. The molecule has 6 atom stereocenters. The van der Waals surface area contributed by atoms with Crippen molar-refractivity contribution >= 4 is 18.2 Å². The minimum Gasteiger partial charge on any atom is -0.379 e. The molecule has 0 spiro atoms. The van der Waals surface area contributed by atoms with Gasteiger partial charge in [0.1, 0.15) is 6.29 Å². The van der Waals surface area contributed by atoms with Crippen LogP contribution in [0.5, 0.6) is 0 Å². The standard InChI is InChI=1S/C20H37N3O4/c1-7-13(2)19(17(27-6)10-11-24)23(5)18(25)12-21-20(26)22-16-9-8-14(3)15(16)4/h11,13-17,19H,7-10,12H2,1-6H3,(H2,21,22,26). The van der Waals surface area contributed by atoms with Crippen LogP contribution in [0.1, 0.15) is 53.4 Å². The summed E-state index contributed by atoms with van der Waals surface area (Å²) in [7, 11) is 3.26. The molecule has 7 nitrogen and oxygen atoms in total. The molecule has 27 heavy (non-hydrogen) atoms. The van der Waals surface area contributed by atoms with Crippen LogP contribution >= 0.6 is 0 Å². The van der Waals surface area contributed by atoms with E-state index in [1.54, 1.807) is 19.1 Å². The summed E-state index contributed by atoms with van der Waals surface area (Å²) in [5.74, 6) is 1.01. The summed E-state index contributed by atoms with van der Waals surface area (Å²) in [6.07, 6.45) is 3.63. The van der Waals surface area contributed by atoms with Gasteiger partial charge in [0.25, 0.3) is 0 Å². The van der Waals surface area contributed by atoms with E-state index in [-0.39, 0.29) is 49.0 Å². The monoisotopic (exact) mass is 383 g/mol. The summed E-state index contributed by atoms with van der Waals surface area (Å²) in [5.41, 5.74) is 0. The third-order valence-corrected chi connectivity index (χ3v) is 6.26. The number of carbonyl (C=O) groups excluding carboxylic acids is 3. The molecule has 3 amide bonds. The molecule has 0 heterocycles. The van der Waals surface area contributed by atoms with E-state index in [0.717, 1.165) is 25.5 Å². The molecular weight excluding hydrogens is 346 g/mol. The highest BCUT2D eigenvalue weighted by Crippen LogP contribution is 2.30. The zero-order chi connectivity index (χ0) is 20.6. The number of ether oxygens (including phenoxy) is 1. The normalized spacial score (nSPS) is 25.3. The van der Waals surface area contributed by atoms with Crippen LogP contribution in [0.3, 0.4) is 0 Å². The second-order valence-corrected chi connectivity index (χ2v) is 7.90. The molecule has 0 aromatic heterocycles. The fourth-order valence-corrected chi connectivity index (χ4v) is 3.94. The number of aldehydes is 1. The first-order valence-corrected chi connectivity index (χ1v) is 10.0. The molecule has 156 valence electrons. The molecule has 1 saturated carbocycles. The first-order chi connectivity index (χ1) is 12.8. The molecule has 1 fully saturated rings. The summed E-state index contributed by atoms with van der Waals surface area (Å²) in [6.45, 7) is 8.34. The van der Waals surface area contributed by atoms with Crippen molar-refractivity contribution in [2.45, 2.75) is 71.6 Å². The van der Waals surface area contributed by atoms with Crippen LogP contribution in [0.4, 0.5) is 4.79 Å². The Morgan fingerprint density at radius 2 is 1.96 bits per heavy atom. The van der Waals surface area contributed by atoms with Crippen LogP contribution < -0.4 is 10.6 Å². The predicted molar refractivity (Wildman–Crippen MR) is 105 cm³/mol. The summed E-state index contributed by atoms with van der Waals surface area (Å²) < 4.78 is 5.46. The van der Waals surface area contributed by atoms with Crippen molar-refractivity contribution in [2.75, 3.05) is 20.7 Å². The van der Waals surface area contributed by atoms with Gasteiger partial charge in [-0.05, 0) is 30.6 Å². The van der Waals surface area contributed by atoms with Crippen molar-refractivity contribution in [3.05, 3.63) is 0 Å². The second-order valence-electron chi connectivity index (χ2n) is 7.90. The van der Waals surface area contributed by atoms with E-state index in [2.05, 4.69) is 24.5 Å². The minimum atomic E-state index is -0.360. The van der Waals surface area contributed by atoms with Crippen molar-refractivity contribution in [1.29, 1.82) is 0 Å².